The van der Waals surface area contributed by atoms with Gasteiger partial charge in [0, 0.05) is 67.9 Å². The topological polar surface area (TPSA) is 13.0 Å². The smallest absolute Gasteiger partial charge is 0.252 e. The molecule has 4 nitrogen and oxygen atoms in total. The van der Waals surface area contributed by atoms with Crippen molar-refractivity contribution < 1.29 is 0 Å². The van der Waals surface area contributed by atoms with Gasteiger partial charge in [-0.05, 0) is 120 Å². The molecule has 362 valence electrons. The molecule has 0 aliphatic carbocycles. The first-order valence-electron chi connectivity index (χ1n) is 27.7. The number of benzene rings is 12. The van der Waals surface area contributed by atoms with E-state index in [1.54, 1.807) is 0 Å². The molecule has 6 aliphatic heterocycles. The van der Waals surface area contributed by atoms with Gasteiger partial charge in [0.15, 0.2) is 0 Å². The number of anilines is 12. The molecule has 0 fully saturated rings. The molecule has 6 heterocycles. The van der Waals surface area contributed by atoms with Crippen molar-refractivity contribution in [3.05, 3.63) is 273 Å². The summed E-state index contributed by atoms with van der Waals surface area (Å²) < 4.78 is 0. The summed E-state index contributed by atoms with van der Waals surface area (Å²) in [5.41, 5.74) is 34.0. The lowest BCUT2D eigenvalue weighted by Gasteiger charge is -2.55. The van der Waals surface area contributed by atoms with Crippen LogP contribution in [-0.4, -0.2) is 20.1 Å². The number of hydrogen-bond acceptors (Lipinski definition) is 4. The minimum Gasteiger partial charge on any atom is -0.313 e. The second kappa shape index (κ2) is 16.3. The predicted octanol–water partition coefficient (Wildman–Crippen LogP) is 12.0. The fourth-order valence-electron chi connectivity index (χ4n) is 15.1. The van der Waals surface area contributed by atoms with Crippen LogP contribution in [0.2, 0.25) is 0 Å². The van der Waals surface area contributed by atoms with Crippen LogP contribution in [0.5, 0.6) is 0 Å². The first kappa shape index (κ1) is 43.2. The second-order valence-electron chi connectivity index (χ2n) is 21.8. The van der Waals surface area contributed by atoms with E-state index in [0.717, 1.165) is 17.1 Å². The van der Waals surface area contributed by atoms with Crippen LogP contribution in [0.3, 0.4) is 0 Å². The van der Waals surface area contributed by atoms with Crippen molar-refractivity contribution >= 4 is 138 Å². The van der Waals surface area contributed by atoms with Crippen molar-refractivity contribution in [3.8, 4) is 33.4 Å². The van der Waals surface area contributed by atoms with E-state index in [4.69, 9.17) is 0 Å². The SMILES string of the molecule is c1ccc(-c2cc3c4c5c2N(c2ccccc2)c2ccccc2B5c2cc(-c5ccccc5)c5c6c2N4c2c(cc(-c4ccccc4)c4c2B3c2ccccc2N4c2ccccc2)B6c2ccccc2N5c2ccccc2)cc1. The Bertz CT molecular complexity index is 4060. The van der Waals surface area contributed by atoms with Gasteiger partial charge in [0.05, 0.1) is 17.1 Å². The molecule has 0 amide bonds. The number of rotatable bonds is 6. The Kier molecular flexibility index (Phi) is 8.90. The summed E-state index contributed by atoms with van der Waals surface area (Å²) in [4.78, 5) is 10.6. The van der Waals surface area contributed by atoms with Crippen LogP contribution >= 0.6 is 0 Å². The van der Waals surface area contributed by atoms with Gasteiger partial charge in [0.1, 0.15) is 0 Å². The maximum atomic E-state index is 2.82. The van der Waals surface area contributed by atoms with E-state index in [1.165, 1.54) is 134 Å². The summed E-state index contributed by atoms with van der Waals surface area (Å²) in [6.07, 6.45) is 0. The van der Waals surface area contributed by atoms with E-state index >= 15 is 0 Å². The van der Waals surface area contributed by atoms with Gasteiger partial charge in [0.25, 0.3) is 20.1 Å². The lowest BCUT2D eigenvalue weighted by Crippen LogP contribution is -2.74. The third-order valence-electron chi connectivity index (χ3n) is 17.9. The Labute approximate surface area is 461 Å². The van der Waals surface area contributed by atoms with Crippen molar-refractivity contribution in [3.63, 3.8) is 0 Å². The normalized spacial score (nSPS) is 13.9. The van der Waals surface area contributed by atoms with E-state index in [2.05, 4.69) is 293 Å². The summed E-state index contributed by atoms with van der Waals surface area (Å²) in [5, 5.41) is 0. The first-order chi connectivity index (χ1) is 39.3. The molecule has 7 heteroatoms. The lowest BCUT2D eigenvalue weighted by atomic mass is 9.24. The highest BCUT2D eigenvalue weighted by Gasteiger charge is 2.57. The molecule has 6 aliphatic rings. The first-order valence-corrected chi connectivity index (χ1v) is 27.7. The van der Waals surface area contributed by atoms with Crippen LogP contribution in [0.25, 0.3) is 33.4 Å². The minimum atomic E-state index is -0.114. The fourth-order valence-corrected chi connectivity index (χ4v) is 15.1. The molecule has 12 aromatic carbocycles. The number of nitrogens with zero attached hydrogens (tertiary/aromatic N) is 4. The summed E-state index contributed by atoms with van der Waals surface area (Å²) in [6.45, 7) is -0.343. The Hall–Kier alpha value is -9.97. The van der Waals surface area contributed by atoms with Crippen LogP contribution in [-0.2, 0) is 0 Å². The van der Waals surface area contributed by atoms with Gasteiger partial charge in [-0.2, -0.15) is 0 Å². The molecular formula is C72H45B3N4. The van der Waals surface area contributed by atoms with Crippen LogP contribution in [0.1, 0.15) is 0 Å². The van der Waals surface area contributed by atoms with Crippen LogP contribution in [0.4, 0.5) is 68.2 Å². The van der Waals surface area contributed by atoms with Crippen molar-refractivity contribution in [2.24, 2.45) is 0 Å². The molecule has 0 bridgehead atoms. The van der Waals surface area contributed by atoms with Crippen molar-refractivity contribution in [2.75, 3.05) is 19.6 Å². The molecule has 79 heavy (non-hydrogen) atoms. The lowest BCUT2D eigenvalue weighted by molar-refractivity contribution is 1.23. The van der Waals surface area contributed by atoms with Crippen molar-refractivity contribution in [2.45, 2.75) is 0 Å². The van der Waals surface area contributed by atoms with Gasteiger partial charge in [-0.3, -0.25) is 0 Å². The molecular weight excluding hydrogens is 953 g/mol. The van der Waals surface area contributed by atoms with Gasteiger partial charge in [-0.25, -0.2) is 0 Å². The highest BCUT2D eigenvalue weighted by molar-refractivity contribution is 7.09. The number of hydrogen-bond donors (Lipinski definition) is 0. The molecule has 0 unspecified atom stereocenters. The maximum Gasteiger partial charge on any atom is 0.252 e. The zero-order chi connectivity index (χ0) is 51.4. The summed E-state index contributed by atoms with van der Waals surface area (Å²) in [5.74, 6) is 0. The molecule has 0 saturated carbocycles. The third kappa shape index (κ3) is 5.76. The molecule has 0 N–H and O–H groups in total. The quantitative estimate of drug-likeness (QED) is 0.154. The Morgan fingerprint density at radius 2 is 0.443 bits per heavy atom. The molecule has 0 saturated heterocycles. The van der Waals surface area contributed by atoms with E-state index in [9.17, 15) is 0 Å². The summed E-state index contributed by atoms with van der Waals surface area (Å²) in [6, 6.07) is 103. The zero-order valence-corrected chi connectivity index (χ0v) is 43.0. The largest absolute Gasteiger partial charge is 0.313 e. The van der Waals surface area contributed by atoms with Crippen LogP contribution in [0, 0.1) is 0 Å². The maximum absolute atomic E-state index is 2.82. The average molecular weight is 999 g/mol. The fraction of sp³-hybridized carbons (Fsp3) is 0. The van der Waals surface area contributed by atoms with Crippen molar-refractivity contribution in [1.82, 2.24) is 0 Å². The molecule has 0 radical (unpaired) electrons. The molecule has 0 spiro atoms. The third-order valence-corrected chi connectivity index (χ3v) is 17.9. The Balaban J connectivity index is 1.09. The standard InChI is InChI=1S/C72H45B3N4/c1-7-25-46(26-8-1)52-43-58-70-64-67(52)76(49-31-13-4-14-32-49)61-40-22-19-37-55(61)74(64)59-44-53(47-27-9-2-10-28-47)69-66-71(59)79(70)72-60(75(66)57-39-21-24-42-63(57)78(69)51-35-17-6-18-36-51)45-54(48-29-11-3-12-30-48)68-65(72)73(58)56-38-20-23-41-62(56)77(68)50-33-15-5-16-34-50/h1-45H. The van der Waals surface area contributed by atoms with Gasteiger partial charge < -0.3 is 19.6 Å². The van der Waals surface area contributed by atoms with Gasteiger partial charge in [0.2, 0.25) is 0 Å². The second-order valence-corrected chi connectivity index (χ2v) is 21.8. The van der Waals surface area contributed by atoms with E-state index in [1.807, 2.05) is 0 Å². The molecule has 0 atom stereocenters. The van der Waals surface area contributed by atoms with E-state index in [-0.39, 0.29) is 20.1 Å². The molecule has 18 rings (SSSR count). The minimum absolute atomic E-state index is 0.114. The predicted molar refractivity (Wildman–Crippen MR) is 335 cm³/mol. The molecule has 12 aromatic rings. The van der Waals surface area contributed by atoms with Crippen LogP contribution < -0.4 is 68.8 Å². The average Bonchev–Trinajstić information content (AvgIpc) is 2.16. The van der Waals surface area contributed by atoms with Crippen molar-refractivity contribution in [1.29, 1.82) is 0 Å². The van der Waals surface area contributed by atoms with E-state index < -0.39 is 0 Å². The molecule has 0 aromatic heterocycles. The summed E-state index contributed by atoms with van der Waals surface area (Å²) in [7, 11) is 0. The Morgan fingerprint density at radius 3 is 0.722 bits per heavy atom. The van der Waals surface area contributed by atoms with Gasteiger partial charge in [-0.1, -0.05) is 218 Å². The zero-order valence-electron chi connectivity index (χ0n) is 43.0. The highest BCUT2D eigenvalue weighted by atomic mass is 15.2. The Morgan fingerprint density at radius 1 is 0.203 bits per heavy atom. The van der Waals surface area contributed by atoms with Gasteiger partial charge >= 0.3 is 0 Å². The number of fused-ring (bicyclic) bond motifs is 9. The van der Waals surface area contributed by atoms with Crippen LogP contribution in [0.15, 0.2) is 273 Å². The number of para-hydroxylation sites is 6. The summed E-state index contributed by atoms with van der Waals surface area (Å²) >= 11 is 0. The van der Waals surface area contributed by atoms with E-state index in [0.29, 0.717) is 0 Å². The highest BCUT2D eigenvalue weighted by Crippen LogP contribution is 2.55. The van der Waals surface area contributed by atoms with Gasteiger partial charge in [-0.15, -0.1) is 0 Å². The monoisotopic (exact) mass is 998 g/mol.